The Bertz CT molecular complexity index is 839. The molecule has 7 nitrogen and oxygen atoms in total. The third-order valence-corrected chi connectivity index (χ3v) is 4.16. The summed E-state index contributed by atoms with van der Waals surface area (Å²) in [5, 5.41) is 10.8. The molecule has 0 aliphatic heterocycles. The van der Waals surface area contributed by atoms with E-state index in [4.69, 9.17) is 16.3 Å². The Kier molecular flexibility index (Phi) is 6.90. The van der Waals surface area contributed by atoms with Crippen LogP contribution in [0, 0.1) is 10.1 Å². The SMILES string of the molecule is CC(C)N(Cc1ccccc1)C(=O)COC(=O)c1ccc(Cl)c([N+](=O)[O-])c1. The van der Waals surface area contributed by atoms with Gasteiger partial charge in [0.15, 0.2) is 6.61 Å². The molecule has 2 aromatic rings. The third kappa shape index (κ3) is 5.52. The second-order valence-corrected chi connectivity index (χ2v) is 6.51. The highest BCUT2D eigenvalue weighted by atomic mass is 35.5. The molecule has 0 heterocycles. The van der Waals surface area contributed by atoms with Crippen LogP contribution in [0.15, 0.2) is 48.5 Å². The molecule has 2 rings (SSSR count). The number of carbonyl (C=O) groups is 2. The minimum absolute atomic E-state index is 0.0435. The lowest BCUT2D eigenvalue weighted by atomic mass is 10.2. The topological polar surface area (TPSA) is 89.8 Å². The van der Waals surface area contributed by atoms with Crippen molar-refractivity contribution in [2.24, 2.45) is 0 Å². The molecule has 27 heavy (non-hydrogen) atoms. The van der Waals surface area contributed by atoms with Crippen molar-refractivity contribution in [3.63, 3.8) is 0 Å². The second-order valence-electron chi connectivity index (χ2n) is 6.10. The molecular formula is C19H19ClN2O5. The van der Waals surface area contributed by atoms with Gasteiger partial charge in [-0.3, -0.25) is 14.9 Å². The van der Waals surface area contributed by atoms with Gasteiger partial charge in [-0.25, -0.2) is 4.79 Å². The van der Waals surface area contributed by atoms with E-state index in [1.807, 2.05) is 44.2 Å². The van der Waals surface area contributed by atoms with E-state index in [1.165, 1.54) is 12.1 Å². The third-order valence-electron chi connectivity index (χ3n) is 3.84. The van der Waals surface area contributed by atoms with E-state index in [0.717, 1.165) is 11.6 Å². The smallest absolute Gasteiger partial charge is 0.338 e. The first-order valence-electron chi connectivity index (χ1n) is 8.24. The van der Waals surface area contributed by atoms with Crippen LogP contribution in [-0.4, -0.2) is 34.3 Å². The summed E-state index contributed by atoms with van der Waals surface area (Å²) in [5.74, 6) is -1.18. The lowest BCUT2D eigenvalue weighted by Gasteiger charge is -2.26. The standard InChI is InChI=1S/C19H19ClN2O5/c1-13(2)21(11-14-6-4-3-5-7-14)18(23)12-27-19(24)15-8-9-16(20)17(10-15)22(25)26/h3-10,13H,11-12H2,1-2H3. The van der Waals surface area contributed by atoms with Crippen molar-refractivity contribution in [2.45, 2.75) is 26.4 Å². The number of halogens is 1. The van der Waals surface area contributed by atoms with Crippen LogP contribution in [0.4, 0.5) is 5.69 Å². The van der Waals surface area contributed by atoms with Gasteiger partial charge in [0, 0.05) is 18.7 Å². The maximum Gasteiger partial charge on any atom is 0.338 e. The Morgan fingerprint density at radius 1 is 1.19 bits per heavy atom. The van der Waals surface area contributed by atoms with Crippen molar-refractivity contribution in [3.05, 3.63) is 74.8 Å². The first kappa shape index (κ1) is 20.4. The highest BCUT2D eigenvalue weighted by Gasteiger charge is 2.21. The number of amides is 1. The molecular weight excluding hydrogens is 372 g/mol. The van der Waals surface area contributed by atoms with Gasteiger partial charge in [-0.05, 0) is 31.5 Å². The second kappa shape index (κ2) is 9.14. The molecule has 0 atom stereocenters. The van der Waals surface area contributed by atoms with Crippen LogP contribution in [0.5, 0.6) is 0 Å². The number of nitrogens with zero attached hydrogens (tertiary/aromatic N) is 2. The molecule has 2 aromatic carbocycles. The van der Waals surface area contributed by atoms with Gasteiger partial charge in [0.2, 0.25) is 0 Å². The van der Waals surface area contributed by atoms with Crippen LogP contribution in [0.2, 0.25) is 5.02 Å². The number of benzene rings is 2. The number of carbonyl (C=O) groups excluding carboxylic acids is 2. The van der Waals surface area contributed by atoms with Crippen LogP contribution in [0.1, 0.15) is 29.8 Å². The van der Waals surface area contributed by atoms with Crippen molar-refractivity contribution in [1.29, 1.82) is 0 Å². The van der Waals surface area contributed by atoms with Crippen LogP contribution in [0.3, 0.4) is 0 Å². The summed E-state index contributed by atoms with van der Waals surface area (Å²) >= 11 is 5.72. The quantitative estimate of drug-likeness (QED) is 0.407. The minimum atomic E-state index is -0.827. The number of hydrogen-bond donors (Lipinski definition) is 0. The number of nitro groups is 1. The van der Waals surface area contributed by atoms with Gasteiger partial charge < -0.3 is 9.64 Å². The van der Waals surface area contributed by atoms with Gasteiger partial charge in [-0.1, -0.05) is 41.9 Å². The highest BCUT2D eigenvalue weighted by molar-refractivity contribution is 6.32. The van der Waals surface area contributed by atoms with E-state index in [0.29, 0.717) is 6.54 Å². The average molecular weight is 391 g/mol. The van der Waals surface area contributed by atoms with Crippen molar-refractivity contribution < 1.29 is 19.2 Å². The van der Waals surface area contributed by atoms with Gasteiger partial charge in [-0.15, -0.1) is 0 Å². The monoisotopic (exact) mass is 390 g/mol. The zero-order valence-corrected chi connectivity index (χ0v) is 15.7. The number of nitro benzene ring substituents is 1. The highest BCUT2D eigenvalue weighted by Crippen LogP contribution is 2.25. The Morgan fingerprint density at radius 2 is 1.85 bits per heavy atom. The minimum Gasteiger partial charge on any atom is -0.452 e. The molecule has 0 fully saturated rings. The van der Waals surface area contributed by atoms with Crippen LogP contribution in [-0.2, 0) is 16.1 Å². The summed E-state index contributed by atoms with van der Waals surface area (Å²) < 4.78 is 5.04. The maximum atomic E-state index is 12.5. The lowest BCUT2D eigenvalue weighted by Crippen LogP contribution is -2.39. The van der Waals surface area contributed by atoms with E-state index in [9.17, 15) is 19.7 Å². The number of hydrogen-bond acceptors (Lipinski definition) is 5. The van der Waals surface area contributed by atoms with Crippen LogP contribution >= 0.6 is 11.6 Å². The molecule has 0 radical (unpaired) electrons. The predicted molar refractivity (Wildman–Crippen MR) is 101 cm³/mol. The van der Waals surface area contributed by atoms with Crippen LogP contribution in [0.25, 0.3) is 0 Å². The first-order valence-corrected chi connectivity index (χ1v) is 8.62. The number of esters is 1. The Labute approximate surface area is 161 Å². The predicted octanol–water partition coefficient (Wildman–Crippen LogP) is 3.84. The number of rotatable bonds is 7. The molecule has 0 saturated carbocycles. The fourth-order valence-corrected chi connectivity index (χ4v) is 2.60. The molecule has 142 valence electrons. The largest absolute Gasteiger partial charge is 0.452 e. The Hall–Kier alpha value is -2.93. The molecule has 8 heteroatoms. The van der Waals surface area contributed by atoms with E-state index < -0.39 is 23.2 Å². The molecule has 0 aromatic heterocycles. The normalized spacial score (nSPS) is 10.5. The molecule has 0 N–H and O–H groups in total. The van der Waals surface area contributed by atoms with E-state index >= 15 is 0 Å². The average Bonchev–Trinajstić information content (AvgIpc) is 2.64. The lowest BCUT2D eigenvalue weighted by molar-refractivity contribution is -0.384. The summed E-state index contributed by atoms with van der Waals surface area (Å²) in [7, 11) is 0. The molecule has 1 amide bonds. The summed E-state index contributed by atoms with van der Waals surface area (Å²) in [4.78, 5) is 36.4. The van der Waals surface area contributed by atoms with E-state index in [-0.39, 0.29) is 22.5 Å². The Balaban J connectivity index is 2.03. The van der Waals surface area contributed by atoms with E-state index in [2.05, 4.69) is 0 Å². The number of ether oxygens (including phenoxy) is 1. The Morgan fingerprint density at radius 3 is 2.44 bits per heavy atom. The fraction of sp³-hybridized carbons (Fsp3) is 0.263. The van der Waals surface area contributed by atoms with E-state index in [1.54, 1.807) is 4.90 Å². The summed E-state index contributed by atoms with van der Waals surface area (Å²) in [6.45, 7) is 3.66. The fourth-order valence-electron chi connectivity index (χ4n) is 2.41. The molecule has 0 bridgehead atoms. The van der Waals surface area contributed by atoms with Crippen molar-refractivity contribution in [2.75, 3.05) is 6.61 Å². The summed E-state index contributed by atoms with van der Waals surface area (Å²) in [6.07, 6.45) is 0. The van der Waals surface area contributed by atoms with Gasteiger partial charge in [0.1, 0.15) is 5.02 Å². The maximum absolute atomic E-state index is 12.5. The van der Waals surface area contributed by atoms with Gasteiger partial charge in [0.25, 0.3) is 11.6 Å². The van der Waals surface area contributed by atoms with Crippen LogP contribution < -0.4 is 0 Å². The zero-order valence-electron chi connectivity index (χ0n) is 14.9. The van der Waals surface area contributed by atoms with Gasteiger partial charge in [0.05, 0.1) is 10.5 Å². The molecule has 0 aliphatic carbocycles. The molecule has 0 unspecified atom stereocenters. The van der Waals surface area contributed by atoms with Crippen molar-refractivity contribution >= 4 is 29.2 Å². The summed E-state index contributed by atoms with van der Waals surface area (Å²) in [6, 6.07) is 13.0. The zero-order chi connectivity index (χ0) is 20.0. The first-order chi connectivity index (χ1) is 12.8. The molecule has 0 spiro atoms. The van der Waals surface area contributed by atoms with Crippen molar-refractivity contribution in [1.82, 2.24) is 4.90 Å². The summed E-state index contributed by atoms with van der Waals surface area (Å²) in [5.41, 5.74) is 0.516. The van der Waals surface area contributed by atoms with Gasteiger partial charge in [-0.2, -0.15) is 0 Å². The molecule has 0 aliphatic rings. The molecule has 0 saturated heterocycles. The van der Waals surface area contributed by atoms with Crippen molar-refractivity contribution in [3.8, 4) is 0 Å². The van der Waals surface area contributed by atoms with Gasteiger partial charge >= 0.3 is 5.97 Å².